The van der Waals surface area contributed by atoms with Gasteiger partial charge in [0.05, 0.1) is 11.2 Å². The van der Waals surface area contributed by atoms with Gasteiger partial charge in [-0.1, -0.05) is 34.6 Å². The average Bonchev–Trinajstić information content (AvgIpc) is 2.88. The molecule has 7 nitrogen and oxygen atoms in total. The predicted octanol–water partition coefficient (Wildman–Crippen LogP) is 4.34. The monoisotopic (exact) mass is 407 g/mol. The molecule has 1 aromatic heterocycles. The van der Waals surface area contributed by atoms with Gasteiger partial charge in [0.2, 0.25) is 5.91 Å². The van der Waals surface area contributed by atoms with Crippen molar-refractivity contribution in [2.45, 2.75) is 92.7 Å². The summed E-state index contributed by atoms with van der Waals surface area (Å²) in [5, 5.41) is 10.6. The van der Waals surface area contributed by atoms with Crippen molar-refractivity contribution in [1.29, 1.82) is 0 Å². The van der Waals surface area contributed by atoms with Crippen molar-refractivity contribution in [3.63, 3.8) is 0 Å². The molecule has 3 amide bonds. The van der Waals surface area contributed by atoms with Crippen LogP contribution in [0.2, 0.25) is 0 Å². The fourth-order valence-corrected chi connectivity index (χ4v) is 2.76. The molecular formula is C22H41N5O2. The van der Waals surface area contributed by atoms with Crippen molar-refractivity contribution in [2.24, 2.45) is 5.92 Å². The second kappa shape index (κ2) is 8.76. The standard InChI is InChI=1S/C22H41N5O2/c1-15(2)13-26(19(29)24-21(6,7)8)14-18(28)23-17-12-16(20(3,4)5)25-27(17)22(9,10)11/h12,15H,13-14H2,1-11H3,(H,23,28)(H,24,29). The second-order valence-corrected chi connectivity index (χ2v) is 11.3. The lowest BCUT2D eigenvalue weighted by atomic mass is 9.92. The highest BCUT2D eigenvalue weighted by molar-refractivity contribution is 5.93. The molecule has 2 N–H and O–H groups in total. The van der Waals surface area contributed by atoms with Crippen LogP contribution >= 0.6 is 0 Å². The molecule has 0 aliphatic rings. The first-order valence-corrected chi connectivity index (χ1v) is 10.4. The van der Waals surface area contributed by atoms with Crippen molar-refractivity contribution in [3.8, 4) is 0 Å². The van der Waals surface area contributed by atoms with E-state index in [4.69, 9.17) is 5.10 Å². The van der Waals surface area contributed by atoms with Gasteiger partial charge in [0.15, 0.2) is 0 Å². The maximum absolute atomic E-state index is 12.8. The number of nitrogens with one attached hydrogen (secondary N) is 2. The minimum atomic E-state index is -0.366. The lowest BCUT2D eigenvalue weighted by Gasteiger charge is -2.29. The molecule has 29 heavy (non-hydrogen) atoms. The highest BCUT2D eigenvalue weighted by atomic mass is 16.2. The normalized spacial score (nSPS) is 12.8. The van der Waals surface area contributed by atoms with Gasteiger partial charge in [-0.15, -0.1) is 0 Å². The van der Waals surface area contributed by atoms with E-state index in [2.05, 4.69) is 31.4 Å². The molecule has 1 heterocycles. The Bertz CT molecular complexity index is 715. The van der Waals surface area contributed by atoms with Crippen LogP contribution in [-0.4, -0.2) is 45.2 Å². The molecular weight excluding hydrogens is 366 g/mol. The fourth-order valence-electron chi connectivity index (χ4n) is 2.76. The minimum Gasteiger partial charge on any atom is -0.333 e. The fraction of sp³-hybridized carbons (Fsp3) is 0.773. The largest absolute Gasteiger partial charge is 0.333 e. The lowest BCUT2D eigenvalue weighted by Crippen LogP contribution is -2.51. The predicted molar refractivity (Wildman–Crippen MR) is 119 cm³/mol. The van der Waals surface area contributed by atoms with E-state index in [1.54, 1.807) is 4.90 Å². The number of hydrogen-bond donors (Lipinski definition) is 2. The molecule has 0 radical (unpaired) electrons. The Morgan fingerprint density at radius 3 is 2.03 bits per heavy atom. The summed E-state index contributed by atoms with van der Waals surface area (Å²) < 4.78 is 1.84. The van der Waals surface area contributed by atoms with Crippen molar-refractivity contribution in [1.82, 2.24) is 20.0 Å². The van der Waals surface area contributed by atoms with Gasteiger partial charge in [0, 0.05) is 23.6 Å². The zero-order valence-electron chi connectivity index (χ0n) is 20.2. The summed E-state index contributed by atoms with van der Waals surface area (Å²) in [5.41, 5.74) is 0.127. The third kappa shape index (κ3) is 8.07. The number of carbonyl (C=O) groups is 2. The van der Waals surface area contributed by atoms with Gasteiger partial charge < -0.3 is 15.5 Å². The molecule has 0 spiro atoms. The van der Waals surface area contributed by atoms with E-state index in [0.717, 1.165) is 5.69 Å². The highest BCUT2D eigenvalue weighted by Crippen LogP contribution is 2.28. The Kier molecular flexibility index (Phi) is 7.55. The van der Waals surface area contributed by atoms with E-state index in [9.17, 15) is 9.59 Å². The van der Waals surface area contributed by atoms with Gasteiger partial charge in [-0.25, -0.2) is 9.48 Å². The molecule has 7 heteroatoms. The van der Waals surface area contributed by atoms with Gasteiger partial charge in [0.1, 0.15) is 12.4 Å². The van der Waals surface area contributed by atoms with Crippen LogP contribution in [0.3, 0.4) is 0 Å². The summed E-state index contributed by atoms with van der Waals surface area (Å²) in [6.07, 6.45) is 0. The molecule has 0 aromatic carbocycles. The number of aromatic nitrogens is 2. The number of nitrogens with zero attached hydrogens (tertiary/aromatic N) is 3. The summed E-state index contributed by atoms with van der Waals surface area (Å²) >= 11 is 0. The van der Waals surface area contributed by atoms with Crippen LogP contribution in [0.1, 0.15) is 81.9 Å². The molecule has 0 saturated carbocycles. The third-order valence-electron chi connectivity index (χ3n) is 4.07. The first kappa shape index (κ1) is 25.0. The summed E-state index contributed by atoms with van der Waals surface area (Å²) in [7, 11) is 0. The maximum Gasteiger partial charge on any atom is 0.318 e. The molecule has 1 rings (SSSR count). The van der Waals surface area contributed by atoms with Crippen LogP contribution in [-0.2, 0) is 15.7 Å². The Morgan fingerprint density at radius 2 is 1.62 bits per heavy atom. The molecule has 0 bridgehead atoms. The molecule has 0 aliphatic heterocycles. The second-order valence-electron chi connectivity index (χ2n) is 11.3. The summed E-state index contributed by atoms with van der Waals surface area (Å²) in [6, 6.07) is 1.69. The first-order valence-electron chi connectivity index (χ1n) is 10.4. The van der Waals surface area contributed by atoms with Gasteiger partial charge in [0.25, 0.3) is 0 Å². The van der Waals surface area contributed by atoms with Crippen molar-refractivity contribution < 1.29 is 9.59 Å². The molecule has 0 atom stereocenters. The van der Waals surface area contributed by atoms with Gasteiger partial charge >= 0.3 is 6.03 Å². The molecule has 0 aliphatic carbocycles. The molecule has 0 unspecified atom stereocenters. The Labute approximate surface area is 176 Å². The third-order valence-corrected chi connectivity index (χ3v) is 4.07. The summed E-state index contributed by atoms with van der Waals surface area (Å²) in [4.78, 5) is 27.1. The van der Waals surface area contributed by atoms with E-state index in [-0.39, 0.29) is 40.9 Å². The quantitative estimate of drug-likeness (QED) is 0.762. The number of carbonyl (C=O) groups excluding carboxylic acids is 2. The SMILES string of the molecule is CC(C)CN(CC(=O)Nc1cc(C(C)(C)C)nn1C(C)(C)C)C(=O)NC(C)(C)C. The van der Waals surface area contributed by atoms with E-state index in [0.29, 0.717) is 12.4 Å². The number of hydrogen-bond acceptors (Lipinski definition) is 3. The lowest BCUT2D eigenvalue weighted by molar-refractivity contribution is -0.116. The van der Waals surface area contributed by atoms with Crippen LogP contribution in [0.5, 0.6) is 0 Å². The zero-order chi connectivity index (χ0) is 22.8. The van der Waals surface area contributed by atoms with Gasteiger partial charge in [-0.2, -0.15) is 5.10 Å². The molecule has 1 aromatic rings. The van der Waals surface area contributed by atoms with Gasteiger partial charge in [-0.3, -0.25) is 4.79 Å². The Hall–Kier alpha value is -2.05. The zero-order valence-corrected chi connectivity index (χ0v) is 20.2. The average molecular weight is 408 g/mol. The maximum atomic E-state index is 12.8. The van der Waals surface area contributed by atoms with Crippen molar-refractivity contribution in [3.05, 3.63) is 11.8 Å². The smallest absolute Gasteiger partial charge is 0.318 e. The summed E-state index contributed by atoms with van der Waals surface area (Å²) in [5.74, 6) is 0.662. The highest BCUT2D eigenvalue weighted by Gasteiger charge is 2.27. The first-order chi connectivity index (χ1) is 12.9. The van der Waals surface area contributed by atoms with Gasteiger partial charge in [-0.05, 0) is 47.5 Å². The van der Waals surface area contributed by atoms with E-state index in [1.165, 1.54) is 0 Å². The van der Waals surface area contributed by atoms with E-state index in [1.807, 2.05) is 66.1 Å². The molecule has 0 saturated heterocycles. The number of amides is 3. The van der Waals surface area contributed by atoms with Crippen LogP contribution in [0.25, 0.3) is 0 Å². The number of anilines is 1. The van der Waals surface area contributed by atoms with E-state index < -0.39 is 0 Å². The van der Waals surface area contributed by atoms with Crippen LogP contribution in [0.15, 0.2) is 6.07 Å². The van der Waals surface area contributed by atoms with Crippen molar-refractivity contribution in [2.75, 3.05) is 18.4 Å². The van der Waals surface area contributed by atoms with Crippen LogP contribution in [0, 0.1) is 5.92 Å². The minimum absolute atomic E-state index is 0.0136. The molecule has 0 fully saturated rings. The Balaban J connectivity index is 3.06. The van der Waals surface area contributed by atoms with E-state index >= 15 is 0 Å². The molecule has 166 valence electrons. The van der Waals surface area contributed by atoms with Crippen LogP contribution in [0.4, 0.5) is 10.6 Å². The number of urea groups is 1. The Morgan fingerprint density at radius 1 is 1.07 bits per heavy atom. The van der Waals surface area contributed by atoms with Crippen LogP contribution < -0.4 is 10.6 Å². The topological polar surface area (TPSA) is 79.3 Å². The number of rotatable bonds is 5. The summed E-state index contributed by atoms with van der Waals surface area (Å²) in [6.45, 7) is 22.7. The van der Waals surface area contributed by atoms with Crippen molar-refractivity contribution >= 4 is 17.8 Å².